The van der Waals surface area contributed by atoms with Gasteiger partial charge in [-0.1, -0.05) is 18.7 Å². The van der Waals surface area contributed by atoms with Crippen LogP contribution in [0.4, 0.5) is 26.7 Å². The van der Waals surface area contributed by atoms with Crippen LogP contribution < -0.4 is 57.1 Å². The van der Waals surface area contributed by atoms with Crippen LogP contribution in [-0.4, -0.2) is 166 Å². The van der Waals surface area contributed by atoms with E-state index in [0.29, 0.717) is 77.7 Å². The molecular formula is C63H80Cl2N13O14PS. The maximum absolute atomic E-state index is 14.9. The van der Waals surface area contributed by atoms with Crippen molar-refractivity contribution in [2.75, 3.05) is 80.2 Å². The molecule has 0 spiro atoms. The van der Waals surface area contributed by atoms with Crippen LogP contribution in [0, 0.1) is 24.7 Å². The number of nitrogens with one attached hydrogen (secondary N) is 7. The third-order valence-electron chi connectivity index (χ3n) is 18.0. The largest absolute Gasteiger partial charge is 0.524 e. The van der Waals surface area contributed by atoms with Gasteiger partial charge in [-0.25, -0.2) is 14.2 Å². The second kappa shape index (κ2) is 28.9. The monoisotopic (exact) mass is 1380 g/mol. The minimum absolute atomic E-state index is 0.0437. The number of carbonyl (C=O) groups is 8. The quantitative estimate of drug-likeness (QED) is 0.00851. The summed E-state index contributed by atoms with van der Waals surface area (Å²) < 4.78 is 29.3. The Labute approximate surface area is 558 Å². The molecule has 4 heterocycles. The molecule has 27 nitrogen and oxygen atoms in total. The lowest BCUT2D eigenvalue weighted by Crippen LogP contribution is -2.73. The van der Waals surface area contributed by atoms with E-state index in [0.717, 1.165) is 27.6 Å². The number of aryl methyl sites for hydroxylation is 2. The third kappa shape index (κ3) is 14.9. The van der Waals surface area contributed by atoms with E-state index >= 15 is 0 Å². The molecule has 13 N–H and O–H groups in total. The summed E-state index contributed by atoms with van der Waals surface area (Å²) in [4.78, 5) is 140. The molecular weight excluding hydrogens is 1300 g/mol. The first-order chi connectivity index (χ1) is 44.5. The highest BCUT2D eigenvalue weighted by molar-refractivity contribution is 7.80. The predicted molar refractivity (Wildman–Crippen MR) is 359 cm³/mol. The molecule has 506 valence electrons. The van der Waals surface area contributed by atoms with Crippen LogP contribution in [0.15, 0.2) is 60.9 Å². The highest BCUT2D eigenvalue weighted by Gasteiger charge is 2.76. The molecule has 0 saturated heterocycles. The lowest BCUT2D eigenvalue weighted by atomic mass is 9.34. The van der Waals surface area contributed by atoms with E-state index < -0.39 is 72.5 Å². The number of rotatable bonds is 28. The molecule has 10 rings (SSSR count). The average molecular weight is 1380 g/mol. The second-order valence-electron chi connectivity index (χ2n) is 25.0. The van der Waals surface area contributed by atoms with E-state index in [1.165, 1.54) is 24.8 Å². The number of amides is 9. The van der Waals surface area contributed by atoms with Gasteiger partial charge in [0.15, 0.2) is 11.5 Å². The number of primary amides is 1. The van der Waals surface area contributed by atoms with Crippen molar-refractivity contribution in [2.45, 2.75) is 116 Å². The summed E-state index contributed by atoms with van der Waals surface area (Å²) in [5.41, 5.74) is 15.8. The number of unbranched alkanes of at least 4 members (excludes halogenated alkanes) is 1. The Morgan fingerprint density at radius 3 is 1.83 bits per heavy atom. The number of carbonyl (C=O) groups excluding carboxylic acids is 8. The van der Waals surface area contributed by atoms with Gasteiger partial charge in [-0.05, 0) is 136 Å². The number of urea groups is 1. The van der Waals surface area contributed by atoms with Gasteiger partial charge in [-0.15, -0.1) is 23.2 Å². The standard InChI is InChI=1S/C63H80Cl2N13O14PS/c1-33(2)51(74-55(81)41(71-36(5)79)11-8-9-17-66)56(82)73-42(12-10-18-68-59(67)85)54(80)72-40-15-13-37(14-16-40)29-90-61(94)76(7)20-19-75(6)60(86)91-45-21-43-49(47-34(3)25-69-52(45)47)38(23-64)27-77(43)57(83)62-30-63(31-62,32-62)58(84)78-28-39(24-65)50-44(78)22-46(92-93(87,88)89)53-48(50)35(4)26-70-53/h13-16,21-22,25-26,38-39,41-42,51,69-70H,1,8-12,17-20,23-24,27-32,66H2,2-7H3,(H,71,79)(H,72,80)(H,73,82)(H,74,81)(H3,67,68,85)(H2,87,88,89)/t38-,39-,41+,42+,51+,62?,63?/m1/s1. The number of aromatic amines is 2. The van der Waals surface area contributed by atoms with Crippen LogP contribution in [0.3, 0.4) is 0 Å². The van der Waals surface area contributed by atoms with E-state index in [-0.39, 0.29) is 116 Å². The zero-order valence-electron chi connectivity index (χ0n) is 53.1. The fourth-order valence-corrected chi connectivity index (χ4v) is 14.3. The Hall–Kier alpha value is -7.98. The van der Waals surface area contributed by atoms with Crippen LogP contribution >= 0.6 is 43.2 Å². The van der Waals surface area contributed by atoms with Crippen LogP contribution in [0.25, 0.3) is 21.8 Å². The third-order valence-corrected chi connectivity index (χ3v) is 19.6. The Morgan fingerprint density at radius 2 is 1.31 bits per heavy atom. The van der Waals surface area contributed by atoms with E-state index in [1.807, 2.05) is 13.8 Å². The molecule has 2 aliphatic heterocycles. The number of thiocarbonyl (C=S) groups is 1. The van der Waals surface area contributed by atoms with E-state index in [2.05, 4.69) is 43.1 Å². The lowest BCUT2D eigenvalue weighted by Gasteiger charge is -2.69. The fraction of sp³-hybridized carbons (Fsp3) is 0.476. The number of hydrogen-bond acceptors (Lipinski definition) is 14. The molecule has 5 aliphatic rings. The second-order valence-corrected chi connectivity index (χ2v) is 27.2. The minimum atomic E-state index is -4.99. The van der Waals surface area contributed by atoms with Crippen LogP contribution in [0.2, 0.25) is 0 Å². The van der Waals surface area contributed by atoms with Gasteiger partial charge in [0.05, 0.1) is 33.2 Å². The zero-order valence-corrected chi connectivity index (χ0v) is 56.3. The molecule has 3 fully saturated rings. The van der Waals surface area contributed by atoms with Gasteiger partial charge >= 0.3 is 19.9 Å². The van der Waals surface area contributed by atoms with E-state index in [1.54, 1.807) is 71.5 Å². The Balaban J connectivity index is 0.788. The molecule has 2 bridgehead atoms. The topological polar surface area (TPSA) is 379 Å². The first kappa shape index (κ1) is 70.3. The van der Waals surface area contributed by atoms with Gasteiger partial charge in [-0.3, -0.25) is 38.6 Å². The van der Waals surface area contributed by atoms with E-state index in [9.17, 15) is 52.7 Å². The van der Waals surface area contributed by atoms with Gasteiger partial charge in [-0.2, -0.15) is 0 Å². The number of phosphoric acid groups is 1. The first-order valence-corrected chi connectivity index (χ1v) is 33.8. The maximum atomic E-state index is 14.9. The summed E-state index contributed by atoms with van der Waals surface area (Å²) in [6, 6.07) is 5.76. The van der Waals surface area contributed by atoms with Gasteiger partial charge in [0.2, 0.25) is 35.4 Å². The number of likely N-dealkylation sites (N-methyl/N-ethyl adjacent to an activating group) is 2. The normalized spacial score (nSPS) is 19.3. The molecule has 3 saturated carbocycles. The number of halogens is 2. The zero-order chi connectivity index (χ0) is 68.3. The summed E-state index contributed by atoms with van der Waals surface area (Å²) in [6.45, 7) is 11.9. The van der Waals surface area contributed by atoms with Crippen LogP contribution in [0.5, 0.6) is 11.5 Å². The van der Waals surface area contributed by atoms with Crippen LogP contribution in [0.1, 0.15) is 105 Å². The number of nitrogens with zero attached hydrogens (tertiary/aromatic N) is 4. The number of ether oxygens (including phenoxy) is 2. The van der Waals surface area contributed by atoms with Crippen molar-refractivity contribution in [3.05, 3.63) is 88.8 Å². The number of benzene rings is 3. The SMILES string of the molecule is C=C(C)[C@H](NC(=O)[C@H](CCCCN)NC(C)=O)C(=O)N[C@@H](CCCNC(N)=O)C(=O)Nc1ccc(COC(=S)N(C)CCN(C)C(=O)Oc2cc3c(c4c(C)c[nH]c24)[C@H](CCl)CN3C(=O)C23CC(C(=O)N4C[C@@H](CCl)c5c4cc(OP(=O)(O)O)c4[nH]cc(C)c54)(C2)C3)cc1. The van der Waals surface area contributed by atoms with Crippen molar-refractivity contribution in [1.29, 1.82) is 0 Å². The van der Waals surface area contributed by atoms with Crippen molar-refractivity contribution in [1.82, 2.24) is 41.0 Å². The van der Waals surface area contributed by atoms with Gasteiger partial charge in [0.1, 0.15) is 24.7 Å². The van der Waals surface area contributed by atoms with Gasteiger partial charge in [0.25, 0.3) is 5.17 Å². The van der Waals surface area contributed by atoms with Crippen molar-refractivity contribution in [3.63, 3.8) is 0 Å². The molecule has 9 amide bonds. The predicted octanol–water partition coefficient (Wildman–Crippen LogP) is 6.38. The summed E-state index contributed by atoms with van der Waals surface area (Å²) in [7, 11) is -1.70. The smallest absolute Gasteiger partial charge is 0.466 e. The number of phosphoric ester groups is 1. The number of alkyl halides is 2. The number of nitrogens with two attached hydrogens (primary N) is 2. The Bertz CT molecular complexity index is 3860. The van der Waals surface area contributed by atoms with Gasteiger partial charge in [0, 0.05) is 118 Å². The average Bonchev–Trinajstić information content (AvgIpc) is 0.890. The number of aromatic nitrogens is 2. The fourth-order valence-electron chi connectivity index (χ4n) is 13.3. The Morgan fingerprint density at radius 1 is 0.777 bits per heavy atom. The Kier molecular flexibility index (Phi) is 21.7. The highest BCUT2D eigenvalue weighted by atomic mass is 35.5. The summed E-state index contributed by atoms with van der Waals surface area (Å²) in [6.07, 6.45) is 5.46. The molecule has 5 aromatic rings. The molecule has 0 radical (unpaired) electrons. The lowest BCUT2D eigenvalue weighted by molar-refractivity contribution is -0.205. The molecule has 3 aliphatic carbocycles. The molecule has 94 heavy (non-hydrogen) atoms. The minimum Gasteiger partial charge on any atom is -0.466 e. The molecule has 0 unspecified atom stereocenters. The van der Waals surface area contributed by atoms with E-state index in [4.69, 9.17) is 60.9 Å². The number of fused-ring (bicyclic) bond motifs is 6. The van der Waals surface area contributed by atoms with Crippen molar-refractivity contribution in [2.24, 2.45) is 22.3 Å². The van der Waals surface area contributed by atoms with Gasteiger partial charge < -0.3 is 81.6 Å². The first-order valence-electron chi connectivity index (χ1n) is 30.8. The molecule has 5 atom stereocenters. The summed E-state index contributed by atoms with van der Waals surface area (Å²) in [5, 5.41) is 14.8. The van der Waals surface area contributed by atoms with Crippen LogP contribution in [-0.2, 0) is 44.7 Å². The summed E-state index contributed by atoms with van der Waals surface area (Å²) in [5.74, 6) is -2.76. The number of H-pyrrole nitrogens is 2. The maximum Gasteiger partial charge on any atom is 0.524 e. The van der Waals surface area contributed by atoms with Crippen molar-refractivity contribution >= 4 is 135 Å². The summed E-state index contributed by atoms with van der Waals surface area (Å²) >= 11 is 18.8. The number of anilines is 3. The number of hydrogen-bond donors (Lipinski definition) is 11. The van der Waals surface area contributed by atoms with Crippen molar-refractivity contribution in [3.8, 4) is 11.5 Å². The molecule has 31 heteroatoms. The molecule has 2 aromatic heterocycles. The van der Waals surface area contributed by atoms with Crippen molar-refractivity contribution < 1.29 is 66.7 Å². The molecule has 3 aromatic carbocycles. The highest BCUT2D eigenvalue weighted by Crippen LogP contribution is 2.75.